The topological polar surface area (TPSA) is 84.3 Å². The molecule has 1 aromatic carbocycles. The number of benzene rings is 1. The zero-order valence-corrected chi connectivity index (χ0v) is 10.8. The maximum Gasteiger partial charge on any atom is 0.285 e. The predicted molar refractivity (Wildman–Crippen MR) is 68.7 cm³/mol. The smallest absolute Gasteiger partial charge is 0.285 e. The van der Waals surface area contributed by atoms with Gasteiger partial charge in [-0.25, -0.2) is 4.39 Å². The standard InChI is InChI=1S/C12H16FN3O3/c1-3-14-4-5-15-12(17)10-7-9(13)6-8(2)11(10)16(18)19/h6-7,14H,3-5H2,1-2H3,(H,15,17). The molecule has 0 radical (unpaired) electrons. The Kier molecular flexibility index (Phi) is 5.37. The molecule has 0 aliphatic carbocycles. The third kappa shape index (κ3) is 3.99. The Morgan fingerprint density at radius 3 is 2.68 bits per heavy atom. The minimum atomic E-state index is -0.673. The Morgan fingerprint density at radius 2 is 2.11 bits per heavy atom. The van der Waals surface area contributed by atoms with Crippen LogP contribution in [0.5, 0.6) is 0 Å². The normalized spacial score (nSPS) is 10.3. The fourth-order valence-corrected chi connectivity index (χ4v) is 1.69. The van der Waals surface area contributed by atoms with E-state index in [9.17, 15) is 19.3 Å². The van der Waals surface area contributed by atoms with Gasteiger partial charge in [0.1, 0.15) is 11.4 Å². The third-order valence-electron chi connectivity index (χ3n) is 2.53. The van der Waals surface area contributed by atoms with E-state index in [1.165, 1.54) is 6.92 Å². The first kappa shape index (κ1) is 15.0. The summed E-state index contributed by atoms with van der Waals surface area (Å²) < 4.78 is 13.3. The summed E-state index contributed by atoms with van der Waals surface area (Å²) in [5.74, 6) is -1.31. The number of nitrogens with zero attached hydrogens (tertiary/aromatic N) is 1. The van der Waals surface area contributed by atoms with E-state index in [1.54, 1.807) is 0 Å². The van der Waals surface area contributed by atoms with E-state index in [2.05, 4.69) is 10.6 Å². The SMILES string of the molecule is CCNCCNC(=O)c1cc(F)cc(C)c1[N+](=O)[O-]. The summed E-state index contributed by atoms with van der Waals surface area (Å²) >= 11 is 0. The van der Waals surface area contributed by atoms with Crippen LogP contribution in [-0.2, 0) is 0 Å². The van der Waals surface area contributed by atoms with Crippen LogP contribution in [0.1, 0.15) is 22.8 Å². The lowest BCUT2D eigenvalue weighted by atomic mass is 10.1. The van der Waals surface area contributed by atoms with Gasteiger partial charge in [0.15, 0.2) is 0 Å². The van der Waals surface area contributed by atoms with E-state index in [4.69, 9.17) is 0 Å². The number of rotatable bonds is 6. The summed E-state index contributed by atoms with van der Waals surface area (Å²) in [4.78, 5) is 22.1. The van der Waals surface area contributed by atoms with Gasteiger partial charge < -0.3 is 10.6 Å². The minimum Gasteiger partial charge on any atom is -0.351 e. The Labute approximate surface area is 110 Å². The molecule has 1 aromatic rings. The number of carbonyl (C=O) groups excluding carboxylic acids is 1. The second-order valence-corrected chi connectivity index (χ2v) is 3.99. The number of carbonyl (C=O) groups is 1. The molecule has 0 unspecified atom stereocenters. The summed E-state index contributed by atoms with van der Waals surface area (Å²) in [6.45, 7) is 4.94. The average Bonchev–Trinajstić information content (AvgIpc) is 2.32. The highest BCUT2D eigenvalue weighted by Gasteiger charge is 2.23. The molecule has 0 spiro atoms. The minimum absolute atomic E-state index is 0.127. The number of amides is 1. The summed E-state index contributed by atoms with van der Waals surface area (Å²) in [7, 11) is 0. The molecule has 0 bridgehead atoms. The van der Waals surface area contributed by atoms with E-state index >= 15 is 0 Å². The van der Waals surface area contributed by atoms with Crippen molar-refractivity contribution >= 4 is 11.6 Å². The summed E-state index contributed by atoms with van der Waals surface area (Å²) in [5.41, 5.74) is -0.483. The Morgan fingerprint density at radius 1 is 1.42 bits per heavy atom. The molecular formula is C12H16FN3O3. The summed E-state index contributed by atoms with van der Waals surface area (Å²) in [6.07, 6.45) is 0. The molecule has 1 rings (SSSR count). The number of aryl methyl sites for hydroxylation is 1. The van der Waals surface area contributed by atoms with Gasteiger partial charge in [0.25, 0.3) is 11.6 Å². The van der Waals surface area contributed by atoms with E-state index in [-0.39, 0.29) is 16.8 Å². The molecule has 2 N–H and O–H groups in total. The quantitative estimate of drug-likeness (QED) is 0.464. The van der Waals surface area contributed by atoms with E-state index in [1.807, 2.05) is 6.92 Å². The molecule has 104 valence electrons. The lowest BCUT2D eigenvalue weighted by Crippen LogP contribution is -2.32. The van der Waals surface area contributed by atoms with Crippen LogP contribution in [-0.4, -0.2) is 30.5 Å². The van der Waals surface area contributed by atoms with Crippen molar-refractivity contribution in [2.24, 2.45) is 0 Å². The molecule has 0 atom stereocenters. The molecule has 1 amide bonds. The van der Waals surface area contributed by atoms with Crippen LogP contribution in [0.2, 0.25) is 0 Å². The highest BCUT2D eigenvalue weighted by Crippen LogP contribution is 2.24. The zero-order valence-electron chi connectivity index (χ0n) is 10.8. The first-order chi connectivity index (χ1) is 8.97. The van der Waals surface area contributed by atoms with Gasteiger partial charge in [0.05, 0.1) is 4.92 Å². The molecule has 0 aromatic heterocycles. The summed E-state index contributed by atoms with van der Waals surface area (Å²) in [6, 6.07) is 1.92. The Bertz CT molecular complexity index is 491. The molecule has 7 heteroatoms. The molecule has 6 nitrogen and oxygen atoms in total. The summed E-state index contributed by atoms with van der Waals surface area (Å²) in [5, 5.41) is 16.4. The van der Waals surface area contributed by atoms with Crippen LogP contribution < -0.4 is 10.6 Å². The Balaban J connectivity index is 2.92. The van der Waals surface area contributed by atoms with Gasteiger partial charge in [-0.3, -0.25) is 14.9 Å². The van der Waals surface area contributed by atoms with Gasteiger partial charge in [-0.05, 0) is 25.6 Å². The fourth-order valence-electron chi connectivity index (χ4n) is 1.69. The largest absolute Gasteiger partial charge is 0.351 e. The second kappa shape index (κ2) is 6.79. The fraction of sp³-hybridized carbons (Fsp3) is 0.417. The number of hydrogen-bond donors (Lipinski definition) is 2. The van der Waals surface area contributed by atoms with Crippen LogP contribution in [0.3, 0.4) is 0 Å². The van der Waals surface area contributed by atoms with Gasteiger partial charge in [-0.2, -0.15) is 0 Å². The number of nitro groups is 1. The van der Waals surface area contributed by atoms with Crippen LogP contribution in [0, 0.1) is 22.9 Å². The lowest BCUT2D eigenvalue weighted by Gasteiger charge is -2.07. The lowest BCUT2D eigenvalue weighted by molar-refractivity contribution is -0.385. The molecule has 0 aliphatic rings. The third-order valence-corrected chi connectivity index (χ3v) is 2.53. The molecule has 0 heterocycles. The van der Waals surface area contributed by atoms with Crippen molar-refractivity contribution in [1.29, 1.82) is 0 Å². The second-order valence-electron chi connectivity index (χ2n) is 3.99. The van der Waals surface area contributed by atoms with Crippen molar-refractivity contribution in [2.45, 2.75) is 13.8 Å². The molecular weight excluding hydrogens is 253 g/mol. The van der Waals surface area contributed by atoms with Crippen molar-refractivity contribution in [3.05, 3.63) is 39.2 Å². The average molecular weight is 269 g/mol. The van der Waals surface area contributed by atoms with Gasteiger partial charge in [-0.15, -0.1) is 0 Å². The van der Waals surface area contributed by atoms with Gasteiger partial charge >= 0.3 is 0 Å². The van der Waals surface area contributed by atoms with Crippen LogP contribution in [0.25, 0.3) is 0 Å². The van der Waals surface area contributed by atoms with Crippen LogP contribution >= 0.6 is 0 Å². The molecule has 0 saturated carbocycles. The first-order valence-electron chi connectivity index (χ1n) is 5.90. The maximum atomic E-state index is 13.3. The van der Waals surface area contributed by atoms with Gasteiger partial charge in [-0.1, -0.05) is 6.92 Å². The molecule has 0 aliphatic heterocycles. The van der Waals surface area contributed by atoms with Crippen molar-refractivity contribution in [3.63, 3.8) is 0 Å². The van der Waals surface area contributed by atoms with Crippen LogP contribution in [0.4, 0.5) is 10.1 Å². The van der Waals surface area contributed by atoms with Crippen molar-refractivity contribution in [3.8, 4) is 0 Å². The number of hydrogen-bond acceptors (Lipinski definition) is 4. The van der Waals surface area contributed by atoms with E-state index in [0.29, 0.717) is 13.1 Å². The number of nitrogens with one attached hydrogen (secondary N) is 2. The van der Waals surface area contributed by atoms with E-state index in [0.717, 1.165) is 18.7 Å². The molecule has 0 saturated heterocycles. The number of halogens is 1. The van der Waals surface area contributed by atoms with Gasteiger partial charge in [0.2, 0.25) is 0 Å². The Hall–Kier alpha value is -2.02. The van der Waals surface area contributed by atoms with Crippen molar-refractivity contribution in [1.82, 2.24) is 10.6 Å². The van der Waals surface area contributed by atoms with Crippen molar-refractivity contribution in [2.75, 3.05) is 19.6 Å². The first-order valence-corrected chi connectivity index (χ1v) is 5.90. The number of likely N-dealkylation sites (N-methyl/N-ethyl adjacent to an activating group) is 1. The number of nitro benzene ring substituents is 1. The maximum absolute atomic E-state index is 13.3. The molecule has 19 heavy (non-hydrogen) atoms. The van der Waals surface area contributed by atoms with Crippen LogP contribution in [0.15, 0.2) is 12.1 Å². The predicted octanol–water partition coefficient (Wildman–Crippen LogP) is 1.38. The highest BCUT2D eigenvalue weighted by molar-refractivity contribution is 5.98. The zero-order chi connectivity index (χ0) is 14.4. The molecule has 0 fully saturated rings. The van der Waals surface area contributed by atoms with Crippen molar-refractivity contribution < 1.29 is 14.1 Å². The highest BCUT2D eigenvalue weighted by atomic mass is 19.1. The monoisotopic (exact) mass is 269 g/mol. The van der Waals surface area contributed by atoms with Gasteiger partial charge in [0, 0.05) is 18.7 Å². The van der Waals surface area contributed by atoms with E-state index < -0.39 is 16.6 Å².